The number of quaternary nitrogens is 2. The fraction of sp³-hybridized carbons (Fsp3) is 0.455. The largest absolute Gasteiger partial charge is 0.335 e. The quantitative estimate of drug-likeness (QED) is 0.555. The van der Waals surface area contributed by atoms with E-state index in [0.29, 0.717) is 6.54 Å². The second kappa shape index (κ2) is 9.66. The molecule has 28 heavy (non-hydrogen) atoms. The molecular formula is C22H32N4O2+2. The van der Waals surface area contributed by atoms with Gasteiger partial charge in [0.25, 0.3) is 5.91 Å². The lowest BCUT2D eigenvalue weighted by Gasteiger charge is -2.29. The summed E-state index contributed by atoms with van der Waals surface area (Å²) in [6.45, 7) is 9.24. The highest BCUT2D eigenvalue weighted by molar-refractivity contribution is 5.94. The van der Waals surface area contributed by atoms with Crippen molar-refractivity contribution in [2.75, 3.05) is 32.7 Å². The number of amides is 3. The third-order valence-corrected chi connectivity index (χ3v) is 5.64. The Kier molecular flexibility index (Phi) is 7.01. The number of carbonyl (C=O) groups excluding carboxylic acids is 2. The van der Waals surface area contributed by atoms with Crippen molar-refractivity contribution in [1.82, 2.24) is 10.6 Å². The van der Waals surface area contributed by atoms with Gasteiger partial charge in [-0.3, -0.25) is 10.1 Å². The lowest BCUT2D eigenvalue weighted by atomic mass is 10.0. The van der Waals surface area contributed by atoms with E-state index in [1.165, 1.54) is 21.2 Å². The first-order valence-corrected chi connectivity index (χ1v) is 10.3. The van der Waals surface area contributed by atoms with E-state index in [1.54, 1.807) is 4.90 Å². The number of urea groups is 1. The van der Waals surface area contributed by atoms with Crippen LogP contribution in [0.3, 0.4) is 0 Å². The van der Waals surface area contributed by atoms with Gasteiger partial charge in [-0.1, -0.05) is 49.4 Å². The summed E-state index contributed by atoms with van der Waals surface area (Å²) in [5, 5.41) is 7.83. The molecule has 0 spiro atoms. The smallest absolute Gasteiger partial charge is 0.321 e. The molecule has 150 valence electrons. The Hall–Kier alpha value is -2.44. The number of piperazine rings is 1. The predicted molar refractivity (Wildman–Crippen MR) is 110 cm³/mol. The Morgan fingerprint density at radius 3 is 2.43 bits per heavy atom. The molecule has 0 radical (unpaired) electrons. The van der Waals surface area contributed by atoms with Gasteiger partial charge < -0.3 is 15.1 Å². The number of fused-ring (bicyclic) bond motifs is 1. The molecule has 0 bridgehead atoms. The number of hydrogen-bond acceptors (Lipinski definition) is 2. The number of nitrogens with one attached hydrogen (secondary N) is 4. The molecule has 3 amide bonds. The fourth-order valence-electron chi connectivity index (χ4n) is 3.79. The maximum Gasteiger partial charge on any atom is 0.321 e. The zero-order chi connectivity index (χ0) is 19.9. The van der Waals surface area contributed by atoms with Crippen molar-refractivity contribution in [3.63, 3.8) is 0 Å². The predicted octanol–water partition coefficient (Wildman–Crippen LogP) is -0.252. The first-order chi connectivity index (χ1) is 13.5. The van der Waals surface area contributed by atoms with Crippen LogP contribution in [0.15, 0.2) is 42.5 Å². The molecule has 0 aliphatic carbocycles. The first kappa shape index (κ1) is 20.3. The molecule has 1 aliphatic heterocycles. The second-order valence-electron chi connectivity index (χ2n) is 7.82. The highest BCUT2D eigenvalue weighted by Crippen LogP contribution is 2.17. The summed E-state index contributed by atoms with van der Waals surface area (Å²) in [7, 11) is 0. The summed E-state index contributed by atoms with van der Waals surface area (Å²) < 4.78 is 0. The lowest BCUT2D eigenvalue weighted by Crippen LogP contribution is -3.28. The monoisotopic (exact) mass is 384 g/mol. The Labute approximate surface area is 166 Å². The Morgan fingerprint density at radius 2 is 1.68 bits per heavy atom. The van der Waals surface area contributed by atoms with Gasteiger partial charge in [-0.15, -0.1) is 0 Å². The third-order valence-electron chi connectivity index (χ3n) is 5.64. The molecular weight excluding hydrogens is 352 g/mol. The van der Waals surface area contributed by atoms with Gasteiger partial charge in [0.2, 0.25) is 0 Å². The molecule has 1 aliphatic rings. The SMILES string of the molecule is CC[C@@H](C)NC(=O)NC(=O)C[NH+]1CC[NH+](Cc2cccc3ccccc23)CC1. The van der Waals surface area contributed by atoms with E-state index in [2.05, 4.69) is 53.1 Å². The summed E-state index contributed by atoms with van der Waals surface area (Å²) in [5.74, 6) is -0.201. The van der Waals surface area contributed by atoms with Crippen LogP contribution in [-0.4, -0.2) is 50.7 Å². The summed E-state index contributed by atoms with van der Waals surface area (Å²) in [5.41, 5.74) is 1.39. The van der Waals surface area contributed by atoms with Crippen molar-refractivity contribution in [3.05, 3.63) is 48.0 Å². The zero-order valence-electron chi connectivity index (χ0n) is 16.9. The minimum atomic E-state index is -0.390. The number of carbonyl (C=O) groups is 2. The summed E-state index contributed by atoms with van der Waals surface area (Å²) in [6, 6.07) is 14.7. The highest BCUT2D eigenvalue weighted by Gasteiger charge is 2.25. The molecule has 1 fully saturated rings. The van der Waals surface area contributed by atoms with E-state index in [1.807, 2.05) is 13.8 Å². The summed E-state index contributed by atoms with van der Waals surface area (Å²) >= 11 is 0. The van der Waals surface area contributed by atoms with Gasteiger partial charge in [0.15, 0.2) is 6.54 Å². The van der Waals surface area contributed by atoms with Crippen LogP contribution in [0.25, 0.3) is 10.8 Å². The Bertz CT molecular complexity index is 810. The molecule has 6 nitrogen and oxygen atoms in total. The van der Waals surface area contributed by atoms with Gasteiger partial charge in [0.05, 0.1) is 0 Å². The van der Waals surface area contributed by atoms with Crippen LogP contribution in [0.5, 0.6) is 0 Å². The maximum atomic E-state index is 12.1. The molecule has 1 heterocycles. The first-order valence-electron chi connectivity index (χ1n) is 10.3. The van der Waals surface area contributed by atoms with Crippen LogP contribution in [0.4, 0.5) is 4.79 Å². The molecule has 2 aromatic carbocycles. The molecule has 3 rings (SSSR count). The number of imide groups is 1. The minimum Gasteiger partial charge on any atom is -0.335 e. The van der Waals surface area contributed by atoms with Crippen molar-refractivity contribution in [2.45, 2.75) is 32.9 Å². The van der Waals surface area contributed by atoms with Gasteiger partial charge in [-0.25, -0.2) is 4.79 Å². The van der Waals surface area contributed by atoms with Gasteiger partial charge in [0, 0.05) is 11.6 Å². The Balaban J connectivity index is 1.45. The maximum absolute atomic E-state index is 12.1. The van der Waals surface area contributed by atoms with Crippen LogP contribution in [0.2, 0.25) is 0 Å². The highest BCUT2D eigenvalue weighted by atomic mass is 16.2. The zero-order valence-corrected chi connectivity index (χ0v) is 16.9. The molecule has 4 N–H and O–H groups in total. The van der Waals surface area contributed by atoms with Gasteiger partial charge in [-0.2, -0.15) is 0 Å². The second-order valence-corrected chi connectivity index (χ2v) is 7.82. The molecule has 0 unspecified atom stereocenters. The van der Waals surface area contributed by atoms with Gasteiger partial charge in [-0.05, 0) is 24.1 Å². The molecule has 1 atom stereocenters. The summed E-state index contributed by atoms with van der Waals surface area (Å²) in [6.07, 6.45) is 0.842. The van der Waals surface area contributed by atoms with Crippen LogP contribution >= 0.6 is 0 Å². The van der Waals surface area contributed by atoms with E-state index in [4.69, 9.17) is 0 Å². The van der Waals surface area contributed by atoms with E-state index in [9.17, 15) is 9.59 Å². The normalized spacial score (nSPS) is 20.5. The van der Waals surface area contributed by atoms with Crippen LogP contribution < -0.4 is 20.4 Å². The molecule has 1 saturated heterocycles. The number of hydrogen-bond donors (Lipinski definition) is 4. The fourth-order valence-corrected chi connectivity index (χ4v) is 3.79. The minimum absolute atomic E-state index is 0.0707. The summed E-state index contributed by atoms with van der Waals surface area (Å²) in [4.78, 5) is 26.7. The van der Waals surface area contributed by atoms with E-state index in [-0.39, 0.29) is 18.0 Å². The van der Waals surface area contributed by atoms with Crippen LogP contribution in [0.1, 0.15) is 25.8 Å². The Morgan fingerprint density at radius 1 is 1.00 bits per heavy atom. The molecule has 0 saturated carbocycles. The van der Waals surface area contributed by atoms with Crippen LogP contribution in [0, 0.1) is 0 Å². The lowest BCUT2D eigenvalue weighted by molar-refractivity contribution is -1.02. The van der Waals surface area contributed by atoms with Gasteiger partial charge in [0.1, 0.15) is 32.7 Å². The number of rotatable bonds is 6. The number of benzene rings is 2. The van der Waals surface area contributed by atoms with Gasteiger partial charge >= 0.3 is 6.03 Å². The van der Waals surface area contributed by atoms with Crippen molar-refractivity contribution in [3.8, 4) is 0 Å². The third kappa shape index (κ3) is 5.53. The molecule has 0 aromatic heterocycles. The molecule has 2 aromatic rings. The van der Waals surface area contributed by atoms with E-state index in [0.717, 1.165) is 39.1 Å². The van der Waals surface area contributed by atoms with Crippen LogP contribution in [-0.2, 0) is 11.3 Å². The van der Waals surface area contributed by atoms with E-state index < -0.39 is 0 Å². The average molecular weight is 385 g/mol. The van der Waals surface area contributed by atoms with Crippen molar-refractivity contribution < 1.29 is 19.4 Å². The standard InChI is InChI=1S/C22H30N4O2/c1-3-17(2)23-22(28)24-21(27)16-26-13-11-25(12-14-26)15-19-9-6-8-18-7-4-5-10-20(18)19/h4-10,17H,3,11-16H2,1-2H3,(H2,23,24,27,28)/p+2/t17-/m1/s1. The van der Waals surface area contributed by atoms with Crippen molar-refractivity contribution in [2.24, 2.45) is 0 Å². The van der Waals surface area contributed by atoms with Crippen molar-refractivity contribution >= 4 is 22.7 Å². The van der Waals surface area contributed by atoms with E-state index >= 15 is 0 Å². The topological polar surface area (TPSA) is 67.1 Å². The van der Waals surface area contributed by atoms with Crippen molar-refractivity contribution in [1.29, 1.82) is 0 Å². The average Bonchev–Trinajstić information content (AvgIpc) is 2.69. The molecule has 6 heteroatoms.